The molecule has 3 aliphatic rings. The van der Waals surface area contributed by atoms with E-state index in [1.165, 1.54) is 0 Å². The number of nitrogens with zero attached hydrogens (tertiary/aromatic N) is 1. The molecule has 26 heavy (non-hydrogen) atoms. The summed E-state index contributed by atoms with van der Waals surface area (Å²) in [6.45, 7) is 1.14. The molecule has 7 heteroatoms. The lowest BCUT2D eigenvalue weighted by Gasteiger charge is -2.24. The summed E-state index contributed by atoms with van der Waals surface area (Å²) in [5, 5.41) is 0.548. The fraction of sp³-hybridized carbons (Fsp3) is 0.579. The summed E-state index contributed by atoms with van der Waals surface area (Å²) in [6.07, 6.45) is 4.65. The van der Waals surface area contributed by atoms with Gasteiger partial charge in [-0.1, -0.05) is 24.4 Å². The van der Waals surface area contributed by atoms with Crippen LogP contribution in [0.3, 0.4) is 0 Å². The Morgan fingerprint density at radius 2 is 2.12 bits per heavy atom. The van der Waals surface area contributed by atoms with Crippen molar-refractivity contribution in [3.8, 4) is 5.75 Å². The maximum atomic E-state index is 12.5. The number of carbonyl (C=O) groups is 2. The fourth-order valence-corrected chi connectivity index (χ4v) is 4.35. The van der Waals surface area contributed by atoms with E-state index in [2.05, 4.69) is 0 Å². The lowest BCUT2D eigenvalue weighted by Crippen LogP contribution is -2.35. The first-order chi connectivity index (χ1) is 12.6. The zero-order chi connectivity index (χ0) is 18.1. The van der Waals surface area contributed by atoms with Crippen molar-refractivity contribution in [1.82, 2.24) is 4.90 Å². The molecular formula is C19H22ClNO5. The van der Waals surface area contributed by atoms with Crippen molar-refractivity contribution < 1.29 is 23.8 Å². The fourth-order valence-electron chi connectivity index (χ4n) is 4.09. The standard InChI is InChI=1S/C19H22ClNO5/c20-15-5-13-9-24-11-26-18(13)14(6-15)10-25-19(23)12-7-17(22)21(8-12)16-3-1-2-4-16/h5-6,12,16H,1-4,7-11H2/t12-/m1/s1. The van der Waals surface area contributed by atoms with E-state index in [-0.39, 0.29) is 37.6 Å². The smallest absolute Gasteiger partial charge is 0.311 e. The van der Waals surface area contributed by atoms with Gasteiger partial charge >= 0.3 is 5.97 Å². The van der Waals surface area contributed by atoms with Crippen LogP contribution in [-0.2, 0) is 32.3 Å². The first-order valence-corrected chi connectivity index (χ1v) is 9.47. The summed E-state index contributed by atoms with van der Waals surface area (Å²) in [6, 6.07) is 3.83. The number of fused-ring (bicyclic) bond motifs is 1. The zero-order valence-electron chi connectivity index (χ0n) is 14.5. The van der Waals surface area contributed by atoms with Gasteiger partial charge in [0, 0.05) is 35.2 Å². The number of halogens is 1. The highest BCUT2D eigenvalue weighted by Crippen LogP contribution is 2.33. The highest BCUT2D eigenvalue weighted by atomic mass is 35.5. The molecule has 1 aromatic carbocycles. The Kier molecular flexibility index (Phi) is 5.05. The largest absolute Gasteiger partial charge is 0.467 e. The topological polar surface area (TPSA) is 65.1 Å². The van der Waals surface area contributed by atoms with Gasteiger partial charge in [0.05, 0.1) is 12.5 Å². The Bertz CT molecular complexity index is 716. The van der Waals surface area contributed by atoms with Crippen molar-refractivity contribution in [1.29, 1.82) is 0 Å². The number of amides is 1. The molecule has 0 aromatic heterocycles. The molecule has 0 N–H and O–H groups in total. The highest BCUT2D eigenvalue weighted by Gasteiger charge is 2.39. The third-order valence-electron chi connectivity index (χ3n) is 5.38. The maximum absolute atomic E-state index is 12.5. The first-order valence-electron chi connectivity index (χ1n) is 9.10. The Balaban J connectivity index is 1.39. The monoisotopic (exact) mass is 379 g/mol. The maximum Gasteiger partial charge on any atom is 0.311 e. The van der Waals surface area contributed by atoms with Gasteiger partial charge in [0.25, 0.3) is 0 Å². The van der Waals surface area contributed by atoms with Crippen LogP contribution in [0.4, 0.5) is 0 Å². The van der Waals surface area contributed by atoms with Gasteiger partial charge in [-0.3, -0.25) is 9.59 Å². The third kappa shape index (κ3) is 3.53. The second-order valence-corrected chi connectivity index (χ2v) is 7.59. The molecule has 2 heterocycles. The van der Waals surface area contributed by atoms with E-state index in [0.29, 0.717) is 30.0 Å². The SMILES string of the molecule is O=C(OCc1cc(Cl)cc2c1OCOC2)[C@@H]1CC(=O)N(C2CCCC2)C1. The predicted molar refractivity (Wildman–Crippen MR) is 93.6 cm³/mol. The average molecular weight is 380 g/mol. The van der Waals surface area contributed by atoms with Crippen molar-refractivity contribution >= 4 is 23.5 Å². The first kappa shape index (κ1) is 17.6. The average Bonchev–Trinajstić information content (AvgIpc) is 3.28. The van der Waals surface area contributed by atoms with E-state index in [4.69, 9.17) is 25.8 Å². The lowest BCUT2D eigenvalue weighted by molar-refractivity contribution is -0.149. The van der Waals surface area contributed by atoms with E-state index in [0.717, 1.165) is 36.8 Å². The van der Waals surface area contributed by atoms with Crippen LogP contribution in [-0.4, -0.2) is 36.2 Å². The van der Waals surface area contributed by atoms with Gasteiger partial charge in [0.15, 0.2) is 6.79 Å². The van der Waals surface area contributed by atoms with E-state index in [1.54, 1.807) is 12.1 Å². The molecule has 1 aromatic rings. The minimum absolute atomic E-state index is 0.0690. The van der Waals surface area contributed by atoms with Crippen molar-refractivity contribution in [3.63, 3.8) is 0 Å². The van der Waals surface area contributed by atoms with Crippen LogP contribution in [0.2, 0.25) is 5.02 Å². The zero-order valence-corrected chi connectivity index (χ0v) is 15.3. The molecule has 1 saturated heterocycles. The van der Waals surface area contributed by atoms with Gasteiger partial charge < -0.3 is 19.1 Å². The quantitative estimate of drug-likeness (QED) is 0.752. The molecule has 0 bridgehead atoms. The molecule has 4 rings (SSSR count). The molecule has 140 valence electrons. The van der Waals surface area contributed by atoms with Crippen LogP contribution < -0.4 is 4.74 Å². The van der Waals surface area contributed by atoms with Crippen molar-refractivity contribution in [2.45, 2.75) is 51.4 Å². The van der Waals surface area contributed by atoms with Crippen molar-refractivity contribution in [2.75, 3.05) is 13.3 Å². The van der Waals surface area contributed by atoms with Crippen LogP contribution in [0.1, 0.15) is 43.2 Å². The van der Waals surface area contributed by atoms with Crippen LogP contribution in [0.15, 0.2) is 12.1 Å². The summed E-state index contributed by atoms with van der Waals surface area (Å²) in [5.41, 5.74) is 1.57. The van der Waals surface area contributed by atoms with Crippen LogP contribution >= 0.6 is 11.6 Å². The number of benzene rings is 1. The Hall–Kier alpha value is -1.79. The van der Waals surface area contributed by atoms with Gasteiger partial charge in [-0.15, -0.1) is 0 Å². The summed E-state index contributed by atoms with van der Waals surface area (Å²) < 4.78 is 16.3. The van der Waals surface area contributed by atoms with Gasteiger partial charge in [0.2, 0.25) is 5.91 Å². The Morgan fingerprint density at radius 1 is 1.31 bits per heavy atom. The van der Waals surface area contributed by atoms with Crippen LogP contribution in [0.5, 0.6) is 5.75 Å². The molecule has 0 radical (unpaired) electrons. The Labute approximate surface area is 157 Å². The Morgan fingerprint density at radius 3 is 2.92 bits per heavy atom. The number of likely N-dealkylation sites (tertiary alicyclic amines) is 1. The molecular weight excluding hydrogens is 358 g/mol. The van der Waals surface area contributed by atoms with Gasteiger partial charge in [0.1, 0.15) is 12.4 Å². The highest BCUT2D eigenvalue weighted by molar-refractivity contribution is 6.30. The molecule has 2 fully saturated rings. The minimum atomic E-state index is -0.387. The third-order valence-corrected chi connectivity index (χ3v) is 5.60. The van der Waals surface area contributed by atoms with Crippen molar-refractivity contribution in [3.05, 3.63) is 28.3 Å². The summed E-state index contributed by atoms with van der Waals surface area (Å²) in [7, 11) is 0. The van der Waals surface area contributed by atoms with Crippen LogP contribution in [0.25, 0.3) is 0 Å². The molecule has 1 saturated carbocycles. The van der Waals surface area contributed by atoms with E-state index < -0.39 is 0 Å². The second kappa shape index (κ2) is 7.45. The normalized spacial score (nSPS) is 23.0. The van der Waals surface area contributed by atoms with Gasteiger partial charge in [-0.25, -0.2) is 0 Å². The minimum Gasteiger partial charge on any atom is -0.467 e. The molecule has 1 aliphatic carbocycles. The lowest BCUT2D eigenvalue weighted by atomic mass is 10.1. The number of hydrogen-bond donors (Lipinski definition) is 0. The molecule has 1 atom stereocenters. The summed E-state index contributed by atoms with van der Waals surface area (Å²) in [4.78, 5) is 26.6. The molecule has 2 aliphatic heterocycles. The van der Waals surface area contributed by atoms with E-state index >= 15 is 0 Å². The van der Waals surface area contributed by atoms with Crippen molar-refractivity contribution in [2.24, 2.45) is 5.92 Å². The molecule has 0 spiro atoms. The second-order valence-electron chi connectivity index (χ2n) is 7.16. The summed E-state index contributed by atoms with van der Waals surface area (Å²) >= 11 is 6.13. The molecule has 1 amide bonds. The predicted octanol–water partition coefficient (Wildman–Crippen LogP) is 3.04. The van der Waals surface area contributed by atoms with E-state index in [1.807, 2.05) is 4.90 Å². The van der Waals surface area contributed by atoms with E-state index in [9.17, 15) is 9.59 Å². The molecule has 0 unspecified atom stereocenters. The number of hydrogen-bond acceptors (Lipinski definition) is 5. The summed E-state index contributed by atoms with van der Waals surface area (Å²) in [5.74, 6) is 0.0185. The van der Waals surface area contributed by atoms with Crippen LogP contribution in [0, 0.1) is 5.92 Å². The number of rotatable bonds is 4. The van der Waals surface area contributed by atoms with Gasteiger partial charge in [-0.2, -0.15) is 0 Å². The van der Waals surface area contributed by atoms with Gasteiger partial charge in [-0.05, 0) is 25.0 Å². The molecule has 6 nitrogen and oxygen atoms in total. The number of carbonyl (C=O) groups excluding carboxylic acids is 2. The number of esters is 1. The number of ether oxygens (including phenoxy) is 3.